The van der Waals surface area contributed by atoms with E-state index in [0.29, 0.717) is 11.2 Å². The van der Waals surface area contributed by atoms with E-state index in [0.717, 1.165) is 39.9 Å². The maximum absolute atomic E-state index is 13.4. The van der Waals surface area contributed by atoms with Gasteiger partial charge in [-0.05, 0) is 90.9 Å². The standard InChI is InChI=1S/C24H24F2IN5S/c1-15-10-16(11-20(28-15)32-13-24(25,26)14-32)21-29-30-22(33-21)18-3-2-17(27)12-19(18)31-8-6-23(4-5-23)7-9-31/h2-3,10-12H,4-9,13-14H2,1H3. The lowest BCUT2D eigenvalue weighted by Crippen LogP contribution is -2.56. The highest BCUT2D eigenvalue weighted by Gasteiger charge is 2.45. The van der Waals surface area contributed by atoms with Gasteiger partial charge >= 0.3 is 0 Å². The van der Waals surface area contributed by atoms with Gasteiger partial charge in [0.05, 0.1) is 13.1 Å². The molecule has 33 heavy (non-hydrogen) atoms. The van der Waals surface area contributed by atoms with Gasteiger partial charge in [0.25, 0.3) is 5.92 Å². The van der Waals surface area contributed by atoms with Gasteiger partial charge in [0.15, 0.2) is 0 Å². The van der Waals surface area contributed by atoms with Crippen LogP contribution in [-0.2, 0) is 0 Å². The molecule has 0 bridgehead atoms. The minimum absolute atomic E-state index is 0.284. The molecule has 2 aliphatic heterocycles. The van der Waals surface area contributed by atoms with Gasteiger partial charge < -0.3 is 9.80 Å². The van der Waals surface area contributed by atoms with Crippen molar-refractivity contribution in [3.8, 4) is 21.1 Å². The average Bonchev–Trinajstić information content (AvgIpc) is 3.33. The second-order valence-electron chi connectivity index (χ2n) is 9.63. The van der Waals surface area contributed by atoms with Crippen molar-refractivity contribution in [3.05, 3.63) is 39.6 Å². The van der Waals surface area contributed by atoms with Crippen LogP contribution in [0, 0.1) is 15.9 Å². The molecule has 1 spiro atoms. The van der Waals surface area contributed by atoms with E-state index in [1.54, 1.807) is 16.2 Å². The van der Waals surface area contributed by atoms with Crippen molar-refractivity contribution in [2.75, 3.05) is 36.0 Å². The van der Waals surface area contributed by atoms with Gasteiger partial charge in [-0.25, -0.2) is 13.8 Å². The van der Waals surface area contributed by atoms with Gasteiger partial charge in [0.2, 0.25) is 0 Å². The molecule has 2 saturated heterocycles. The van der Waals surface area contributed by atoms with E-state index in [1.807, 2.05) is 19.1 Å². The molecule has 0 radical (unpaired) electrons. The maximum atomic E-state index is 13.4. The molecule has 0 atom stereocenters. The van der Waals surface area contributed by atoms with Crippen LogP contribution in [0.5, 0.6) is 0 Å². The van der Waals surface area contributed by atoms with Gasteiger partial charge in [-0.3, -0.25) is 0 Å². The van der Waals surface area contributed by atoms with Crippen LogP contribution in [0.25, 0.3) is 21.1 Å². The van der Waals surface area contributed by atoms with Crippen molar-refractivity contribution in [3.63, 3.8) is 0 Å². The van der Waals surface area contributed by atoms with Crippen molar-refractivity contribution < 1.29 is 8.78 Å². The molecule has 0 amide bonds. The van der Waals surface area contributed by atoms with E-state index < -0.39 is 5.92 Å². The lowest BCUT2D eigenvalue weighted by atomic mass is 9.93. The maximum Gasteiger partial charge on any atom is 0.282 e. The predicted octanol–water partition coefficient (Wildman–Crippen LogP) is 6.02. The number of alkyl halides is 2. The van der Waals surface area contributed by atoms with Crippen molar-refractivity contribution in [2.45, 2.75) is 38.5 Å². The summed E-state index contributed by atoms with van der Waals surface area (Å²) in [6, 6.07) is 10.3. The summed E-state index contributed by atoms with van der Waals surface area (Å²) in [4.78, 5) is 8.57. The third-order valence-corrected chi connectivity index (χ3v) is 8.77. The molecule has 172 valence electrons. The number of aryl methyl sites for hydroxylation is 1. The summed E-state index contributed by atoms with van der Waals surface area (Å²) in [7, 11) is 0. The number of hydrogen-bond donors (Lipinski definition) is 0. The molecule has 1 aliphatic carbocycles. The third kappa shape index (κ3) is 4.22. The number of hydrogen-bond acceptors (Lipinski definition) is 6. The first kappa shape index (κ1) is 21.6. The summed E-state index contributed by atoms with van der Waals surface area (Å²) in [5, 5.41) is 10.7. The number of anilines is 2. The van der Waals surface area contributed by atoms with E-state index in [4.69, 9.17) is 0 Å². The van der Waals surface area contributed by atoms with Gasteiger partial charge in [-0.2, -0.15) is 0 Å². The number of nitrogens with zero attached hydrogens (tertiary/aromatic N) is 5. The Labute approximate surface area is 209 Å². The van der Waals surface area contributed by atoms with Gasteiger partial charge in [0, 0.05) is 39.2 Å². The van der Waals surface area contributed by atoms with Crippen LogP contribution in [0.2, 0.25) is 0 Å². The first-order valence-corrected chi connectivity index (χ1v) is 13.2. The molecule has 1 saturated carbocycles. The zero-order valence-corrected chi connectivity index (χ0v) is 21.3. The Balaban J connectivity index is 1.30. The van der Waals surface area contributed by atoms with E-state index in [2.05, 4.69) is 60.9 Å². The molecule has 3 fully saturated rings. The Morgan fingerprint density at radius 1 is 0.939 bits per heavy atom. The van der Waals surface area contributed by atoms with Crippen LogP contribution in [0.3, 0.4) is 0 Å². The fourth-order valence-corrected chi connectivity index (χ4v) is 6.24. The van der Waals surface area contributed by atoms with Crippen LogP contribution in [-0.4, -0.2) is 47.3 Å². The lowest BCUT2D eigenvalue weighted by molar-refractivity contribution is -0.0267. The van der Waals surface area contributed by atoms with Crippen molar-refractivity contribution in [1.82, 2.24) is 15.2 Å². The van der Waals surface area contributed by atoms with Crippen molar-refractivity contribution >= 4 is 45.4 Å². The third-order valence-electron chi connectivity index (χ3n) is 7.09. The van der Waals surface area contributed by atoms with Crippen LogP contribution in [0.1, 0.15) is 31.4 Å². The fraction of sp³-hybridized carbons (Fsp3) is 0.458. The molecule has 5 nitrogen and oxygen atoms in total. The highest BCUT2D eigenvalue weighted by Crippen LogP contribution is 2.54. The molecular formula is C24H24F2IN5S. The fourth-order valence-electron chi connectivity index (χ4n) is 4.91. The molecule has 0 N–H and O–H groups in total. The summed E-state index contributed by atoms with van der Waals surface area (Å²) in [5.41, 5.74) is 4.63. The molecule has 3 aliphatic rings. The Morgan fingerprint density at radius 2 is 1.67 bits per heavy atom. The predicted molar refractivity (Wildman–Crippen MR) is 136 cm³/mol. The van der Waals surface area contributed by atoms with Crippen LogP contribution < -0.4 is 9.80 Å². The van der Waals surface area contributed by atoms with Crippen molar-refractivity contribution in [2.24, 2.45) is 5.41 Å². The highest BCUT2D eigenvalue weighted by molar-refractivity contribution is 14.1. The molecule has 9 heteroatoms. The Bertz CT molecular complexity index is 1210. The monoisotopic (exact) mass is 579 g/mol. The van der Waals surface area contributed by atoms with Crippen LogP contribution in [0.15, 0.2) is 30.3 Å². The highest BCUT2D eigenvalue weighted by atomic mass is 127. The molecule has 3 aromatic rings. The van der Waals surface area contributed by atoms with E-state index in [1.165, 1.54) is 34.9 Å². The summed E-state index contributed by atoms with van der Waals surface area (Å²) in [6.07, 6.45) is 5.33. The molecule has 0 unspecified atom stereocenters. The Morgan fingerprint density at radius 3 is 2.36 bits per heavy atom. The number of aromatic nitrogens is 3. The largest absolute Gasteiger partial charge is 0.371 e. The summed E-state index contributed by atoms with van der Waals surface area (Å²) >= 11 is 3.92. The van der Waals surface area contributed by atoms with Gasteiger partial charge in [-0.15, -0.1) is 10.2 Å². The molecular weight excluding hydrogens is 555 g/mol. The molecule has 4 heterocycles. The number of benzene rings is 1. The molecule has 1 aromatic carbocycles. The second-order valence-corrected chi connectivity index (χ2v) is 11.9. The summed E-state index contributed by atoms with van der Waals surface area (Å²) in [6.45, 7) is 3.49. The number of pyridine rings is 1. The summed E-state index contributed by atoms with van der Waals surface area (Å²) < 4.78 is 27.9. The SMILES string of the molecule is Cc1cc(-c2nnc(-c3ccc(I)cc3N3CCC4(CC3)CC4)s2)cc(N2CC(F)(F)C2)n1. The van der Waals surface area contributed by atoms with Crippen molar-refractivity contribution in [1.29, 1.82) is 0 Å². The normalized spacial score (nSPS) is 20.7. The minimum Gasteiger partial charge on any atom is -0.371 e. The van der Waals surface area contributed by atoms with E-state index >= 15 is 0 Å². The number of halogens is 3. The Kier molecular flexibility index (Phi) is 5.13. The summed E-state index contributed by atoms with van der Waals surface area (Å²) in [5.74, 6) is -2.05. The lowest BCUT2D eigenvalue weighted by Gasteiger charge is -2.39. The Hall–Kier alpha value is -1.88. The van der Waals surface area contributed by atoms with Crippen LogP contribution in [0.4, 0.5) is 20.3 Å². The van der Waals surface area contributed by atoms with Gasteiger partial charge in [-0.1, -0.05) is 11.3 Å². The first-order chi connectivity index (χ1) is 15.8. The van der Waals surface area contributed by atoms with E-state index in [-0.39, 0.29) is 13.1 Å². The zero-order valence-electron chi connectivity index (χ0n) is 18.3. The van der Waals surface area contributed by atoms with Gasteiger partial charge in [0.1, 0.15) is 15.8 Å². The zero-order chi connectivity index (χ0) is 22.8. The number of rotatable bonds is 4. The molecule has 6 rings (SSSR count). The first-order valence-electron chi connectivity index (χ1n) is 11.3. The smallest absolute Gasteiger partial charge is 0.282 e. The van der Waals surface area contributed by atoms with Crippen LogP contribution >= 0.6 is 33.9 Å². The molecule has 2 aromatic heterocycles. The topological polar surface area (TPSA) is 45.2 Å². The minimum atomic E-state index is -2.63. The average molecular weight is 579 g/mol. The number of piperidine rings is 1. The second kappa shape index (κ2) is 7.83. The quantitative estimate of drug-likeness (QED) is 0.354. The van der Waals surface area contributed by atoms with E-state index in [9.17, 15) is 8.78 Å².